The van der Waals surface area contributed by atoms with Gasteiger partial charge in [0.05, 0.1) is 0 Å². The van der Waals surface area contributed by atoms with Crippen LogP contribution in [0.1, 0.15) is 12.0 Å². The van der Waals surface area contributed by atoms with Crippen molar-refractivity contribution in [3.63, 3.8) is 0 Å². The average Bonchev–Trinajstić information content (AvgIpc) is 2.34. The van der Waals surface area contributed by atoms with Gasteiger partial charge in [-0.3, -0.25) is 4.79 Å². The second-order valence-electron chi connectivity index (χ2n) is 3.92. The Hall–Kier alpha value is -2.30. The summed E-state index contributed by atoms with van der Waals surface area (Å²) < 4.78 is 5.39. The first kappa shape index (κ1) is 12.2. The maximum absolute atomic E-state index is 11.2. The molecule has 1 aromatic carbocycles. The number of carboxylic acid groups (broad SMARTS) is 1. The number of carbonyl (C=O) groups is 2. The van der Waals surface area contributed by atoms with Crippen molar-refractivity contribution in [2.75, 3.05) is 11.9 Å². The highest BCUT2D eigenvalue weighted by Crippen LogP contribution is 2.26. The van der Waals surface area contributed by atoms with Gasteiger partial charge in [-0.05, 0) is 36.3 Å². The van der Waals surface area contributed by atoms with Gasteiger partial charge in [0.2, 0.25) is 5.91 Å². The first-order valence-corrected chi connectivity index (χ1v) is 5.60. The number of carboxylic acids is 1. The molecule has 2 N–H and O–H groups in total. The predicted octanol–water partition coefficient (Wildman–Crippen LogP) is 1.59. The Morgan fingerprint density at radius 3 is 3.06 bits per heavy atom. The monoisotopic (exact) mass is 247 g/mol. The summed E-state index contributed by atoms with van der Waals surface area (Å²) >= 11 is 0. The van der Waals surface area contributed by atoms with Gasteiger partial charge in [0.25, 0.3) is 0 Å². The number of aryl methyl sites for hydroxylation is 1. The molecule has 2 rings (SSSR count). The highest BCUT2D eigenvalue weighted by atomic mass is 16.5. The fourth-order valence-electron chi connectivity index (χ4n) is 1.74. The molecule has 5 heteroatoms. The fourth-order valence-corrected chi connectivity index (χ4v) is 1.74. The molecule has 0 fully saturated rings. The van der Waals surface area contributed by atoms with E-state index in [-0.39, 0.29) is 12.5 Å². The van der Waals surface area contributed by atoms with Crippen LogP contribution in [-0.2, 0) is 16.0 Å². The second kappa shape index (κ2) is 5.35. The normalized spacial score (nSPS) is 14.1. The Morgan fingerprint density at radius 1 is 1.44 bits per heavy atom. The molecule has 5 nitrogen and oxygen atoms in total. The minimum Gasteiger partial charge on any atom is -0.490 e. The van der Waals surface area contributed by atoms with Gasteiger partial charge in [-0.1, -0.05) is 0 Å². The van der Waals surface area contributed by atoms with E-state index in [1.165, 1.54) is 6.08 Å². The number of anilines is 1. The first-order chi connectivity index (χ1) is 8.65. The van der Waals surface area contributed by atoms with Gasteiger partial charge >= 0.3 is 5.97 Å². The highest BCUT2D eigenvalue weighted by Gasteiger charge is 2.14. The van der Waals surface area contributed by atoms with Crippen LogP contribution in [0.2, 0.25) is 0 Å². The van der Waals surface area contributed by atoms with Crippen LogP contribution < -0.4 is 10.1 Å². The summed E-state index contributed by atoms with van der Waals surface area (Å²) in [5.74, 6) is -0.299. The largest absolute Gasteiger partial charge is 0.490 e. The zero-order chi connectivity index (χ0) is 13.0. The first-order valence-electron chi connectivity index (χ1n) is 5.60. The number of hydrogen-bond donors (Lipinski definition) is 2. The summed E-state index contributed by atoms with van der Waals surface area (Å²) in [6.45, 7) is 0.206. The number of nitrogens with one attached hydrogen (secondary N) is 1. The van der Waals surface area contributed by atoms with E-state index < -0.39 is 5.97 Å². The fraction of sp³-hybridized carbons (Fsp3) is 0.231. The standard InChI is InChI=1S/C13H13NO4/c15-12-6-3-9-8-10(4-5-11(9)14-12)18-7-1-2-13(16)17/h1-2,4-5,8H,3,6-7H2,(H,14,15)(H,16,17). The van der Waals surface area contributed by atoms with Crippen molar-refractivity contribution in [3.05, 3.63) is 35.9 Å². The summed E-state index contributed by atoms with van der Waals surface area (Å²) in [6.07, 6.45) is 3.65. The molecule has 94 valence electrons. The average molecular weight is 247 g/mol. The molecular formula is C13H13NO4. The minimum atomic E-state index is -0.994. The number of amides is 1. The number of hydrogen-bond acceptors (Lipinski definition) is 3. The maximum atomic E-state index is 11.2. The van der Waals surface area contributed by atoms with E-state index in [1.54, 1.807) is 12.1 Å². The summed E-state index contributed by atoms with van der Waals surface area (Å²) in [4.78, 5) is 21.4. The Balaban J connectivity index is 1.99. The van der Waals surface area contributed by atoms with Crippen LogP contribution in [0, 0.1) is 0 Å². The van der Waals surface area contributed by atoms with Crippen LogP contribution in [0.15, 0.2) is 30.4 Å². The van der Waals surface area contributed by atoms with Gasteiger partial charge in [0.15, 0.2) is 0 Å². The van der Waals surface area contributed by atoms with Gasteiger partial charge in [0, 0.05) is 18.2 Å². The predicted molar refractivity (Wildman–Crippen MR) is 65.7 cm³/mol. The number of carbonyl (C=O) groups excluding carboxylic acids is 1. The van der Waals surface area contributed by atoms with Crippen LogP contribution in [0.3, 0.4) is 0 Å². The lowest BCUT2D eigenvalue weighted by atomic mass is 10.0. The lowest BCUT2D eigenvalue weighted by Crippen LogP contribution is -2.18. The van der Waals surface area contributed by atoms with E-state index in [9.17, 15) is 9.59 Å². The second-order valence-corrected chi connectivity index (χ2v) is 3.92. The third-order valence-electron chi connectivity index (χ3n) is 2.58. The molecule has 0 spiro atoms. The van der Waals surface area contributed by atoms with Crippen LogP contribution in [0.25, 0.3) is 0 Å². The van der Waals surface area contributed by atoms with Gasteiger partial charge < -0.3 is 15.2 Å². The van der Waals surface area contributed by atoms with Crippen molar-refractivity contribution in [1.29, 1.82) is 0 Å². The SMILES string of the molecule is O=C(O)C=CCOc1ccc2c(c1)CCC(=O)N2. The van der Waals surface area contributed by atoms with Crippen LogP contribution >= 0.6 is 0 Å². The van der Waals surface area contributed by atoms with Gasteiger partial charge in [-0.2, -0.15) is 0 Å². The molecule has 1 amide bonds. The van der Waals surface area contributed by atoms with E-state index in [0.29, 0.717) is 18.6 Å². The van der Waals surface area contributed by atoms with Crippen molar-refractivity contribution in [2.24, 2.45) is 0 Å². The lowest BCUT2D eigenvalue weighted by molar-refractivity contribution is -0.131. The van der Waals surface area contributed by atoms with Crippen LogP contribution in [0.4, 0.5) is 5.69 Å². The van der Waals surface area contributed by atoms with Crippen molar-refractivity contribution >= 4 is 17.6 Å². The van der Waals surface area contributed by atoms with Gasteiger partial charge in [-0.15, -0.1) is 0 Å². The smallest absolute Gasteiger partial charge is 0.328 e. The van der Waals surface area contributed by atoms with Crippen molar-refractivity contribution in [2.45, 2.75) is 12.8 Å². The molecule has 0 saturated carbocycles. The van der Waals surface area contributed by atoms with Crippen molar-refractivity contribution in [1.82, 2.24) is 0 Å². The number of ether oxygens (including phenoxy) is 1. The van der Waals surface area contributed by atoms with E-state index in [2.05, 4.69) is 5.32 Å². The van der Waals surface area contributed by atoms with E-state index in [0.717, 1.165) is 17.3 Å². The summed E-state index contributed by atoms with van der Waals surface area (Å²) in [7, 11) is 0. The molecule has 0 bridgehead atoms. The third-order valence-corrected chi connectivity index (χ3v) is 2.58. The summed E-state index contributed by atoms with van der Waals surface area (Å²) in [5, 5.41) is 11.2. The summed E-state index contributed by atoms with van der Waals surface area (Å²) in [6, 6.07) is 5.41. The summed E-state index contributed by atoms with van der Waals surface area (Å²) in [5.41, 5.74) is 1.86. The topological polar surface area (TPSA) is 75.6 Å². The zero-order valence-corrected chi connectivity index (χ0v) is 9.68. The molecule has 0 aliphatic carbocycles. The molecule has 1 aliphatic rings. The minimum absolute atomic E-state index is 0.0283. The van der Waals surface area contributed by atoms with Crippen LogP contribution in [0.5, 0.6) is 5.75 Å². The van der Waals surface area contributed by atoms with E-state index in [4.69, 9.17) is 9.84 Å². The molecule has 1 aliphatic heterocycles. The molecular weight excluding hydrogens is 234 g/mol. The number of rotatable bonds is 4. The molecule has 1 heterocycles. The van der Waals surface area contributed by atoms with Crippen molar-refractivity contribution < 1.29 is 19.4 Å². The van der Waals surface area contributed by atoms with Crippen LogP contribution in [-0.4, -0.2) is 23.6 Å². The molecule has 0 atom stereocenters. The Bertz CT molecular complexity index is 508. The molecule has 18 heavy (non-hydrogen) atoms. The van der Waals surface area contributed by atoms with E-state index >= 15 is 0 Å². The van der Waals surface area contributed by atoms with Gasteiger partial charge in [-0.25, -0.2) is 4.79 Å². The number of fused-ring (bicyclic) bond motifs is 1. The number of benzene rings is 1. The third kappa shape index (κ3) is 3.10. The van der Waals surface area contributed by atoms with Crippen molar-refractivity contribution in [3.8, 4) is 5.75 Å². The Kier molecular flexibility index (Phi) is 3.62. The molecule has 0 radical (unpaired) electrons. The van der Waals surface area contributed by atoms with E-state index in [1.807, 2.05) is 6.07 Å². The Labute approximate surface area is 104 Å². The molecule has 0 aromatic heterocycles. The maximum Gasteiger partial charge on any atom is 0.328 e. The lowest BCUT2D eigenvalue weighted by Gasteiger charge is -2.17. The Morgan fingerprint density at radius 2 is 2.28 bits per heavy atom. The highest BCUT2D eigenvalue weighted by molar-refractivity contribution is 5.94. The molecule has 1 aromatic rings. The molecule has 0 saturated heterocycles. The zero-order valence-electron chi connectivity index (χ0n) is 9.68. The van der Waals surface area contributed by atoms with Gasteiger partial charge in [0.1, 0.15) is 12.4 Å². The quantitative estimate of drug-likeness (QED) is 0.792. The number of aliphatic carboxylic acids is 1. The molecule has 0 unspecified atom stereocenters.